The molecule has 0 aliphatic carbocycles. The number of fused-ring (bicyclic) bond motifs is 1. The van der Waals surface area contributed by atoms with Crippen molar-refractivity contribution in [3.05, 3.63) is 65.9 Å². The van der Waals surface area contributed by atoms with E-state index in [1.807, 2.05) is 48.7 Å². The lowest BCUT2D eigenvalue weighted by molar-refractivity contribution is -0.366. The minimum Gasteiger partial charge on any atom is -0.461 e. The average molecular weight is 367 g/mol. The number of carbonyl (C=O) groups is 2. The Hall–Kier alpha value is -3.12. The van der Waals surface area contributed by atoms with Gasteiger partial charge in [-0.05, 0) is 29.3 Å². The van der Waals surface area contributed by atoms with Crippen molar-refractivity contribution in [2.75, 3.05) is 6.54 Å². The highest BCUT2D eigenvalue weighted by molar-refractivity contribution is 5.86. The summed E-state index contributed by atoms with van der Waals surface area (Å²) in [6.07, 6.45) is 2.77. The Labute approximate surface area is 157 Å². The van der Waals surface area contributed by atoms with Gasteiger partial charge >= 0.3 is 11.9 Å². The number of hydrogen-bond donors (Lipinski definition) is 2. The van der Waals surface area contributed by atoms with Crippen LogP contribution in [0.3, 0.4) is 0 Å². The maximum Gasteiger partial charge on any atom is 0.311 e. The Morgan fingerprint density at radius 2 is 1.78 bits per heavy atom. The van der Waals surface area contributed by atoms with Gasteiger partial charge in [0.15, 0.2) is 0 Å². The fourth-order valence-corrected chi connectivity index (χ4v) is 2.82. The zero-order valence-electron chi connectivity index (χ0n) is 15.1. The molecule has 0 atom stereocenters. The number of ether oxygens (including phenoxy) is 2. The molecule has 0 bridgehead atoms. The topological polar surface area (TPSA) is 96.0 Å². The van der Waals surface area contributed by atoms with Crippen molar-refractivity contribution in [3.63, 3.8) is 0 Å². The molecule has 0 unspecified atom stereocenters. The first-order valence-electron chi connectivity index (χ1n) is 8.95. The molecule has 1 heterocycles. The predicted octanol–water partition coefficient (Wildman–Crippen LogP) is 2.38. The summed E-state index contributed by atoms with van der Waals surface area (Å²) in [4.78, 5) is 27.0. The van der Waals surface area contributed by atoms with Gasteiger partial charge in [-0.1, -0.05) is 30.3 Å². The van der Waals surface area contributed by atoms with Crippen LogP contribution in [-0.4, -0.2) is 23.5 Å². The number of hydrogen-bond acceptors (Lipinski definition) is 4. The molecular formula is C21H23N2O4+. The lowest BCUT2D eigenvalue weighted by Crippen LogP contribution is -2.51. The molecule has 140 valence electrons. The number of aromatic nitrogens is 1. The first kappa shape index (κ1) is 18.7. The van der Waals surface area contributed by atoms with Crippen LogP contribution in [0.1, 0.15) is 24.0 Å². The Balaban J connectivity index is 1.49. The molecular weight excluding hydrogens is 344 g/mol. The third-order valence-electron chi connectivity index (χ3n) is 4.19. The number of aromatic amines is 1. The number of esters is 2. The van der Waals surface area contributed by atoms with E-state index in [0.29, 0.717) is 5.75 Å². The van der Waals surface area contributed by atoms with Gasteiger partial charge in [0.2, 0.25) is 0 Å². The van der Waals surface area contributed by atoms with Gasteiger partial charge in [-0.3, -0.25) is 9.59 Å². The summed E-state index contributed by atoms with van der Waals surface area (Å²) in [7, 11) is 0. The van der Waals surface area contributed by atoms with Crippen molar-refractivity contribution in [2.45, 2.75) is 25.9 Å². The van der Waals surface area contributed by atoms with E-state index in [9.17, 15) is 9.59 Å². The van der Waals surface area contributed by atoms with Gasteiger partial charge in [-0.15, -0.1) is 0 Å². The predicted molar refractivity (Wildman–Crippen MR) is 101 cm³/mol. The summed E-state index contributed by atoms with van der Waals surface area (Å²) in [5, 5.41) is 1.02. The summed E-state index contributed by atoms with van der Waals surface area (Å²) in [5.74, 6) is -0.412. The van der Waals surface area contributed by atoms with Crippen LogP contribution >= 0.6 is 0 Å². The van der Waals surface area contributed by atoms with E-state index in [1.165, 1.54) is 0 Å². The van der Waals surface area contributed by atoms with Crippen LogP contribution in [0.25, 0.3) is 10.9 Å². The Kier molecular flexibility index (Phi) is 6.22. The standard InChI is InChI=1S/C21H22N2O4/c22-11-10-16-13-23-19-7-6-17(12-18(16)19)27-21(25)9-8-20(24)26-14-15-4-2-1-3-5-15/h1-7,12-13,23H,8-11,14,22H2/p+1. The van der Waals surface area contributed by atoms with Gasteiger partial charge in [0.25, 0.3) is 0 Å². The average Bonchev–Trinajstić information content (AvgIpc) is 3.08. The van der Waals surface area contributed by atoms with Crippen LogP contribution in [0, 0.1) is 0 Å². The molecule has 2 aromatic carbocycles. The molecule has 0 radical (unpaired) electrons. The summed E-state index contributed by atoms with van der Waals surface area (Å²) >= 11 is 0. The van der Waals surface area contributed by atoms with E-state index in [-0.39, 0.29) is 19.4 Å². The quantitative estimate of drug-likeness (QED) is 0.472. The molecule has 27 heavy (non-hydrogen) atoms. The summed E-state index contributed by atoms with van der Waals surface area (Å²) in [6, 6.07) is 14.9. The van der Waals surface area contributed by atoms with Crippen molar-refractivity contribution in [1.29, 1.82) is 0 Å². The minimum atomic E-state index is -0.458. The van der Waals surface area contributed by atoms with Gasteiger partial charge in [-0.25, -0.2) is 0 Å². The molecule has 0 spiro atoms. The van der Waals surface area contributed by atoms with E-state index in [2.05, 4.69) is 10.7 Å². The Morgan fingerprint density at radius 3 is 2.56 bits per heavy atom. The van der Waals surface area contributed by atoms with Crippen molar-refractivity contribution < 1.29 is 24.8 Å². The number of carbonyl (C=O) groups excluding carboxylic acids is 2. The second-order valence-corrected chi connectivity index (χ2v) is 6.25. The maximum absolute atomic E-state index is 12.0. The molecule has 0 aliphatic rings. The van der Waals surface area contributed by atoms with Crippen LogP contribution in [-0.2, 0) is 27.4 Å². The molecule has 0 amide bonds. The number of rotatable bonds is 8. The fourth-order valence-electron chi connectivity index (χ4n) is 2.82. The molecule has 3 aromatic rings. The van der Waals surface area contributed by atoms with Crippen molar-refractivity contribution in [2.24, 2.45) is 0 Å². The minimum absolute atomic E-state index is 0.00911. The SMILES string of the molecule is [NH3+]CCc1c[nH]c2ccc(OC(=O)CCC(=O)OCc3ccccc3)cc12. The van der Waals surface area contributed by atoms with Gasteiger partial charge in [0.1, 0.15) is 12.4 Å². The lowest BCUT2D eigenvalue weighted by atomic mass is 10.1. The molecule has 0 fully saturated rings. The molecule has 6 nitrogen and oxygen atoms in total. The smallest absolute Gasteiger partial charge is 0.311 e. The molecule has 0 saturated heterocycles. The Bertz CT molecular complexity index is 918. The van der Waals surface area contributed by atoms with Crippen LogP contribution in [0.2, 0.25) is 0 Å². The highest BCUT2D eigenvalue weighted by Gasteiger charge is 2.12. The van der Waals surface area contributed by atoms with E-state index in [4.69, 9.17) is 9.47 Å². The molecule has 0 saturated carbocycles. The van der Waals surface area contributed by atoms with Crippen LogP contribution in [0.15, 0.2) is 54.7 Å². The third-order valence-corrected chi connectivity index (χ3v) is 4.19. The van der Waals surface area contributed by atoms with Gasteiger partial charge in [0.05, 0.1) is 19.4 Å². The number of benzene rings is 2. The monoisotopic (exact) mass is 367 g/mol. The first-order valence-corrected chi connectivity index (χ1v) is 8.95. The Morgan fingerprint density at radius 1 is 1.00 bits per heavy atom. The highest BCUT2D eigenvalue weighted by atomic mass is 16.5. The molecule has 1 aromatic heterocycles. The summed E-state index contributed by atoms with van der Waals surface area (Å²) < 4.78 is 10.5. The zero-order chi connectivity index (χ0) is 19.1. The van der Waals surface area contributed by atoms with Crippen LogP contribution < -0.4 is 10.5 Å². The number of nitrogens with one attached hydrogen (secondary N) is 1. The third kappa shape index (κ3) is 5.18. The van der Waals surface area contributed by atoms with E-state index in [1.54, 1.807) is 6.07 Å². The molecule has 6 heteroatoms. The molecule has 3 rings (SSSR count). The van der Waals surface area contributed by atoms with Crippen molar-refractivity contribution >= 4 is 22.8 Å². The van der Waals surface area contributed by atoms with Crippen molar-refractivity contribution in [1.82, 2.24) is 4.98 Å². The normalized spacial score (nSPS) is 10.7. The first-order chi connectivity index (χ1) is 13.2. The highest BCUT2D eigenvalue weighted by Crippen LogP contribution is 2.24. The lowest BCUT2D eigenvalue weighted by Gasteiger charge is -2.06. The molecule has 0 aliphatic heterocycles. The zero-order valence-corrected chi connectivity index (χ0v) is 15.1. The number of H-pyrrole nitrogens is 1. The largest absolute Gasteiger partial charge is 0.461 e. The van der Waals surface area contributed by atoms with E-state index < -0.39 is 11.9 Å². The van der Waals surface area contributed by atoms with Gasteiger partial charge in [0, 0.05) is 23.5 Å². The summed E-state index contributed by atoms with van der Waals surface area (Å²) in [6.45, 7) is 0.996. The van der Waals surface area contributed by atoms with Gasteiger partial charge in [-0.2, -0.15) is 0 Å². The van der Waals surface area contributed by atoms with Gasteiger partial charge < -0.3 is 20.2 Å². The van der Waals surface area contributed by atoms with Crippen LogP contribution in [0.5, 0.6) is 5.75 Å². The number of quaternary nitrogens is 1. The summed E-state index contributed by atoms with van der Waals surface area (Å²) in [5.41, 5.74) is 6.91. The van der Waals surface area contributed by atoms with E-state index in [0.717, 1.165) is 35.0 Å². The molecule has 4 N–H and O–H groups in total. The fraction of sp³-hybridized carbons (Fsp3) is 0.238. The maximum atomic E-state index is 12.0. The second kappa shape index (κ2) is 9.00. The van der Waals surface area contributed by atoms with Crippen molar-refractivity contribution in [3.8, 4) is 5.75 Å². The van der Waals surface area contributed by atoms with Crippen LogP contribution in [0.4, 0.5) is 0 Å². The second-order valence-electron chi connectivity index (χ2n) is 6.25. The van der Waals surface area contributed by atoms with E-state index >= 15 is 0 Å².